The maximum atomic E-state index is 14.4. The van der Waals surface area contributed by atoms with Crippen molar-refractivity contribution in [3.8, 4) is 0 Å². The summed E-state index contributed by atoms with van der Waals surface area (Å²) in [6.07, 6.45) is -7.21. The van der Waals surface area contributed by atoms with Crippen LogP contribution in [0.1, 0.15) is 33.6 Å². The molecule has 1 N–H and O–H groups in total. The molecule has 0 aromatic heterocycles. The van der Waals surface area contributed by atoms with E-state index < -0.39 is 51.3 Å². The lowest BCUT2D eigenvalue weighted by atomic mass is 9.72. The number of alkyl halides is 3. The Morgan fingerprint density at radius 3 is 2.45 bits per heavy atom. The molecular formula is C20H19ClF4N2O4. The summed E-state index contributed by atoms with van der Waals surface area (Å²) in [7, 11) is 0. The molecule has 1 heterocycles. The maximum Gasteiger partial charge on any atom is 0.425 e. The van der Waals surface area contributed by atoms with Crippen molar-refractivity contribution in [3.05, 3.63) is 40.3 Å². The van der Waals surface area contributed by atoms with Crippen molar-refractivity contribution >= 4 is 35.1 Å². The molecular weight excluding hydrogens is 444 g/mol. The highest BCUT2D eigenvalue weighted by Gasteiger charge is 2.72. The molecule has 0 saturated heterocycles. The van der Waals surface area contributed by atoms with E-state index in [-0.39, 0.29) is 30.8 Å². The van der Waals surface area contributed by atoms with Gasteiger partial charge in [0, 0.05) is 12.1 Å². The first-order chi connectivity index (χ1) is 14.2. The fraction of sp³-hybridized carbons (Fsp3) is 0.450. The van der Waals surface area contributed by atoms with Crippen molar-refractivity contribution in [1.82, 2.24) is 5.32 Å². The van der Waals surface area contributed by atoms with Crippen LogP contribution >= 0.6 is 11.6 Å². The molecule has 0 unspecified atom stereocenters. The second-order valence-corrected chi connectivity index (χ2v) is 8.50. The molecule has 2 aliphatic rings. The lowest BCUT2D eigenvalue weighted by Gasteiger charge is -2.35. The quantitative estimate of drug-likeness (QED) is 0.670. The van der Waals surface area contributed by atoms with Crippen LogP contribution in [-0.4, -0.2) is 36.1 Å². The molecule has 2 amide bonds. The summed E-state index contributed by atoms with van der Waals surface area (Å²) < 4.78 is 61.6. The molecule has 31 heavy (non-hydrogen) atoms. The number of Topliss-reactive ketones (excluding diaryl/α,β-unsaturated/α-hetero) is 1. The number of benzene rings is 1. The summed E-state index contributed by atoms with van der Waals surface area (Å²) in [6, 6.07) is 2.96. The Morgan fingerprint density at radius 1 is 1.26 bits per heavy atom. The highest BCUT2D eigenvalue weighted by atomic mass is 35.5. The molecule has 1 atom stereocenters. The van der Waals surface area contributed by atoms with Crippen LogP contribution in [0.15, 0.2) is 29.5 Å². The van der Waals surface area contributed by atoms with Gasteiger partial charge in [0.1, 0.15) is 5.82 Å². The lowest BCUT2D eigenvalue weighted by molar-refractivity contribution is -0.186. The van der Waals surface area contributed by atoms with Crippen molar-refractivity contribution in [2.75, 3.05) is 11.5 Å². The van der Waals surface area contributed by atoms with Gasteiger partial charge in [-0.2, -0.15) is 13.2 Å². The summed E-state index contributed by atoms with van der Waals surface area (Å²) in [5.41, 5.74) is -5.64. The molecule has 0 bridgehead atoms. The van der Waals surface area contributed by atoms with Crippen LogP contribution < -0.4 is 10.2 Å². The van der Waals surface area contributed by atoms with Crippen molar-refractivity contribution in [2.45, 2.75) is 45.3 Å². The minimum atomic E-state index is -5.37. The van der Waals surface area contributed by atoms with Gasteiger partial charge >= 0.3 is 12.3 Å². The number of ether oxygens (including phenoxy) is 1. The molecule has 1 aliphatic carbocycles. The van der Waals surface area contributed by atoms with Gasteiger partial charge in [0.05, 0.1) is 22.9 Å². The fourth-order valence-electron chi connectivity index (χ4n) is 3.97. The predicted octanol–water partition coefficient (Wildman–Crippen LogP) is 4.52. The van der Waals surface area contributed by atoms with Crippen LogP contribution in [0.2, 0.25) is 5.02 Å². The van der Waals surface area contributed by atoms with Gasteiger partial charge in [0.15, 0.2) is 5.78 Å². The molecule has 3 rings (SSSR count). The van der Waals surface area contributed by atoms with E-state index in [0.717, 1.165) is 18.2 Å². The van der Waals surface area contributed by atoms with Crippen molar-refractivity contribution < 1.29 is 36.7 Å². The lowest BCUT2D eigenvalue weighted by Crippen LogP contribution is -2.66. The van der Waals surface area contributed by atoms with Crippen molar-refractivity contribution in [2.24, 2.45) is 5.41 Å². The van der Waals surface area contributed by atoms with Gasteiger partial charge in [-0.05, 0) is 37.0 Å². The number of rotatable bonds is 3. The van der Waals surface area contributed by atoms with E-state index in [1.54, 1.807) is 19.2 Å². The molecule has 0 spiro atoms. The molecule has 0 fully saturated rings. The number of hydrogen-bond acceptors (Lipinski definition) is 4. The summed E-state index contributed by atoms with van der Waals surface area (Å²) in [5, 5.41) is 1.18. The van der Waals surface area contributed by atoms with Crippen LogP contribution in [0.3, 0.4) is 0 Å². The smallest absolute Gasteiger partial charge is 0.425 e. The van der Waals surface area contributed by atoms with E-state index >= 15 is 0 Å². The third kappa shape index (κ3) is 3.66. The first-order valence-corrected chi connectivity index (χ1v) is 9.71. The number of halogens is 5. The largest absolute Gasteiger partial charge is 0.450 e. The van der Waals surface area contributed by atoms with Crippen molar-refractivity contribution in [3.63, 3.8) is 0 Å². The number of amides is 2. The maximum absolute atomic E-state index is 14.4. The summed E-state index contributed by atoms with van der Waals surface area (Å²) in [5.74, 6) is -3.38. The zero-order chi connectivity index (χ0) is 23.4. The SMILES string of the molecule is CCOC(=O)N[C@]1(C(F)(F)F)C(=O)N(c2ccc(F)c(Cl)c2)C2=C1C(=O)CC(C)(C)C2. The topological polar surface area (TPSA) is 75.7 Å². The number of nitrogens with one attached hydrogen (secondary N) is 1. The molecule has 6 nitrogen and oxygen atoms in total. The molecule has 1 aromatic carbocycles. The molecule has 168 valence electrons. The standard InChI is InChI=1S/C20H19ClF4N2O4/c1-4-31-17(30)26-19(20(23,24)25)15-13(8-18(2,3)9-14(15)28)27(16(19)29)10-5-6-12(22)11(21)7-10/h5-7H,4,8-9H2,1-3H3,(H,26,30)/t19-/m0/s1. The van der Waals surface area contributed by atoms with E-state index in [2.05, 4.69) is 4.74 Å². The number of carbonyl (C=O) groups excluding carboxylic acids is 3. The Bertz CT molecular complexity index is 1010. The van der Waals surface area contributed by atoms with Gasteiger partial charge in [-0.1, -0.05) is 25.4 Å². The first kappa shape index (κ1) is 23.1. The monoisotopic (exact) mass is 462 g/mol. The van der Waals surface area contributed by atoms with E-state index in [9.17, 15) is 31.9 Å². The number of hydrogen-bond donors (Lipinski definition) is 1. The van der Waals surface area contributed by atoms with E-state index in [0.29, 0.717) is 4.90 Å². The summed E-state index contributed by atoms with van der Waals surface area (Å²) >= 11 is 5.78. The van der Waals surface area contributed by atoms with Gasteiger partial charge in [-0.25, -0.2) is 9.18 Å². The second-order valence-electron chi connectivity index (χ2n) is 8.09. The van der Waals surface area contributed by atoms with Gasteiger partial charge < -0.3 is 4.74 Å². The Hall–Kier alpha value is -2.62. The second kappa shape index (κ2) is 7.51. The zero-order valence-corrected chi connectivity index (χ0v) is 17.6. The minimum absolute atomic E-state index is 0.0723. The third-order valence-electron chi connectivity index (χ3n) is 5.17. The fourth-order valence-corrected chi connectivity index (χ4v) is 4.14. The van der Waals surface area contributed by atoms with Crippen LogP contribution in [0.4, 0.5) is 28.0 Å². The molecule has 1 aliphatic heterocycles. The van der Waals surface area contributed by atoms with E-state index in [4.69, 9.17) is 11.6 Å². The summed E-state index contributed by atoms with van der Waals surface area (Å²) in [6.45, 7) is 4.46. The average Bonchev–Trinajstić information content (AvgIpc) is 2.85. The molecule has 0 radical (unpaired) electrons. The average molecular weight is 463 g/mol. The Morgan fingerprint density at radius 2 is 1.90 bits per heavy atom. The molecule has 1 aromatic rings. The number of ketones is 1. The van der Waals surface area contributed by atoms with Gasteiger partial charge in [-0.3, -0.25) is 19.8 Å². The van der Waals surface area contributed by atoms with Crippen LogP contribution in [0.5, 0.6) is 0 Å². The molecule has 0 saturated carbocycles. The number of allylic oxidation sites excluding steroid dienone is 1. The Balaban J connectivity index is 2.30. The van der Waals surface area contributed by atoms with Crippen LogP contribution in [0, 0.1) is 11.2 Å². The summed E-state index contributed by atoms with van der Waals surface area (Å²) in [4.78, 5) is 39.0. The van der Waals surface area contributed by atoms with E-state index in [1.807, 2.05) is 0 Å². The Kier molecular flexibility index (Phi) is 5.58. The van der Waals surface area contributed by atoms with Gasteiger partial charge in [0.2, 0.25) is 5.54 Å². The normalized spacial score (nSPS) is 23.2. The Labute approximate surface area is 180 Å². The van der Waals surface area contributed by atoms with Gasteiger partial charge in [-0.15, -0.1) is 0 Å². The van der Waals surface area contributed by atoms with Gasteiger partial charge in [0.25, 0.3) is 5.91 Å². The number of alkyl carbamates (subject to hydrolysis) is 1. The third-order valence-corrected chi connectivity index (χ3v) is 5.46. The van der Waals surface area contributed by atoms with Crippen molar-refractivity contribution in [1.29, 1.82) is 0 Å². The highest BCUT2D eigenvalue weighted by Crippen LogP contribution is 2.53. The van der Waals surface area contributed by atoms with E-state index in [1.165, 1.54) is 6.92 Å². The number of carbonyl (C=O) groups is 3. The first-order valence-electron chi connectivity index (χ1n) is 9.33. The van der Waals surface area contributed by atoms with Crippen LogP contribution in [-0.2, 0) is 14.3 Å². The van der Waals surface area contributed by atoms with Crippen LogP contribution in [0.25, 0.3) is 0 Å². The number of nitrogens with zero attached hydrogens (tertiary/aromatic N) is 1. The predicted molar refractivity (Wildman–Crippen MR) is 103 cm³/mol. The number of anilines is 1. The molecule has 11 heteroatoms. The highest BCUT2D eigenvalue weighted by molar-refractivity contribution is 6.31. The zero-order valence-electron chi connectivity index (χ0n) is 16.8. The minimum Gasteiger partial charge on any atom is -0.450 e.